The predicted molar refractivity (Wildman–Crippen MR) is 91.9 cm³/mol. The Morgan fingerprint density at radius 1 is 1.24 bits per heavy atom. The standard InChI is InChI=1S/C18H24N2S/c1-13-16-9-11-21-17(16)8-10-20(13)12-18(2,3)14-4-6-15(19)7-5-14/h4-7,9,11,13H,8,10,12,19H2,1-3H3. The number of hydrogen-bond acceptors (Lipinski definition) is 3. The van der Waals surface area contributed by atoms with Crippen molar-refractivity contribution in [2.75, 3.05) is 18.8 Å². The van der Waals surface area contributed by atoms with Crippen LogP contribution in [0.1, 0.15) is 42.8 Å². The Hall–Kier alpha value is -1.32. The van der Waals surface area contributed by atoms with E-state index in [2.05, 4.69) is 49.3 Å². The number of nitrogen functional groups attached to an aromatic ring is 1. The van der Waals surface area contributed by atoms with Gasteiger partial charge in [-0.2, -0.15) is 0 Å². The van der Waals surface area contributed by atoms with Gasteiger partial charge in [-0.3, -0.25) is 4.90 Å². The van der Waals surface area contributed by atoms with E-state index in [1.165, 1.54) is 17.5 Å². The highest BCUT2D eigenvalue weighted by molar-refractivity contribution is 7.10. The van der Waals surface area contributed by atoms with Crippen molar-refractivity contribution >= 4 is 17.0 Å². The summed E-state index contributed by atoms with van der Waals surface area (Å²) in [5.74, 6) is 0. The van der Waals surface area contributed by atoms with Crippen molar-refractivity contribution in [3.63, 3.8) is 0 Å². The van der Waals surface area contributed by atoms with Crippen molar-refractivity contribution in [3.8, 4) is 0 Å². The lowest BCUT2D eigenvalue weighted by Crippen LogP contribution is -2.41. The number of benzene rings is 1. The minimum absolute atomic E-state index is 0.134. The minimum atomic E-state index is 0.134. The van der Waals surface area contributed by atoms with Gasteiger partial charge in [0.2, 0.25) is 0 Å². The van der Waals surface area contributed by atoms with Crippen LogP contribution < -0.4 is 5.73 Å². The molecular formula is C18H24N2S. The first-order valence-electron chi connectivity index (χ1n) is 7.64. The SMILES string of the molecule is CC1c2ccsc2CCN1CC(C)(C)c1ccc(N)cc1. The highest BCUT2D eigenvalue weighted by atomic mass is 32.1. The van der Waals surface area contributed by atoms with Crippen LogP contribution in [0.5, 0.6) is 0 Å². The minimum Gasteiger partial charge on any atom is -0.399 e. The van der Waals surface area contributed by atoms with E-state index < -0.39 is 0 Å². The molecule has 1 unspecified atom stereocenters. The lowest BCUT2D eigenvalue weighted by atomic mass is 9.83. The largest absolute Gasteiger partial charge is 0.399 e. The second kappa shape index (κ2) is 5.47. The molecule has 0 amide bonds. The second-order valence-corrected chi connectivity index (χ2v) is 7.70. The van der Waals surface area contributed by atoms with Crippen LogP contribution in [-0.2, 0) is 11.8 Å². The van der Waals surface area contributed by atoms with Gasteiger partial charge in [0.1, 0.15) is 0 Å². The number of anilines is 1. The number of nitrogens with two attached hydrogens (primary N) is 1. The van der Waals surface area contributed by atoms with E-state index in [9.17, 15) is 0 Å². The molecular weight excluding hydrogens is 276 g/mol. The van der Waals surface area contributed by atoms with Gasteiger partial charge in [0.05, 0.1) is 0 Å². The first-order chi connectivity index (χ1) is 9.97. The molecule has 0 saturated heterocycles. The molecule has 2 N–H and O–H groups in total. The molecule has 21 heavy (non-hydrogen) atoms. The molecule has 1 aliphatic rings. The second-order valence-electron chi connectivity index (χ2n) is 6.70. The van der Waals surface area contributed by atoms with E-state index in [4.69, 9.17) is 5.73 Å². The molecule has 112 valence electrons. The van der Waals surface area contributed by atoms with Crippen LogP contribution in [0.15, 0.2) is 35.7 Å². The van der Waals surface area contributed by atoms with Crippen LogP contribution in [0.25, 0.3) is 0 Å². The van der Waals surface area contributed by atoms with Crippen molar-refractivity contribution in [3.05, 3.63) is 51.7 Å². The quantitative estimate of drug-likeness (QED) is 0.860. The van der Waals surface area contributed by atoms with Crippen molar-refractivity contribution in [2.24, 2.45) is 0 Å². The van der Waals surface area contributed by atoms with Crippen LogP contribution in [0.2, 0.25) is 0 Å². The molecule has 0 spiro atoms. The van der Waals surface area contributed by atoms with Crippen molar-refractivity contribution in [2.45, 2.75) is 38.6 Å². The lowest BCUT2D eigenvalue weighted by molar-refractivity contribution is 0.163. The summed E-state index contributed by atoms with van der Waals surface area (Å²) in [5.41, 5.74) is 9.67. The average molecular weight is 300 g/mol. The highest BCUT2D eigenvalue weighted by Gasteiger charge is 2.30. The molecule has 1 aromatic carbocycles. The number of nitrogens with zero attached hydrogens (tertiary/aromatic N) is 1. The fourth-order valence-corrected chi connectivity index (χ4v) is 4.27. The van der Waals surface area contributed by atoms with Crippen molar-refractivity contribution in [1.82, 2.24) is 4.90 Å². The summed E-state index contributed by atoms with van der Waals surface area (Å²) < 4.78 is 0. The van der Waals surface area contributed by atoms with Gasteiger partial charge in [-0.15, -0.1) is 11.3 Å². The third kappa shape index (κ3) is 2.85. The van der Waals surface area contributed by atoms with Crippen LogP contribution >= 0.6 is 11.3 Å². The Kier molecular flexibility index (Phi) is 3.80. The molecule has 0 aliphatic carbocycles. The van der Waals surface area contributed by atoms with E-state index in [0.29, 0.717) is 6.04 Å². The maximum atomic E-state index is 5.81. The van der Waals surface area contributed by atoms with Gasteiger partial charge < -0.3 is 5.73 Å². The van der Waals surface area contributed by atoms with Crippen LogP contribution in [0.3, 0.4) is 0 Å². The van der Waals surface area contributed by atoms with Gasteiger partial charge >= 0.3 is 0 Å². The zero-order chi connectivity index (χ0) is 15.0. The van der Waals surface area contributed by atoms with E-state index in [0.717, 1.165) is 18.8 Å². The summed E-state index contributed by atoms with van der Waals surface area (Å²) in [6, 6.07) is 11.2. The number of fused-ring (bicyclic) bond motifs is 1. The topological polar surface area (TPSA) is 29.3 Å². The van der Waals surface area contributed by atoms with Gasteiger partial charge in [0, 0.05) is 35.1 Å². The van der Waals surface area contributed by atoms with Gasteiger partial charge in [-0.25, -0.2) is 0 Å². The van der Waals surface area contributed by atoms with Gasteiger partial charge in [0.15, 0.2) is 0 Å². The summed E-state index contributed by atoms with van der Waals surface area (Å²) in [6.07, 6.45) is 1.19. The molecule has 0 bridgehead atoms. The summed E-state index contributed by atoms with van der Waals surface area (Å²) in [5, 5.41) is 2.23. The Bertz CT molecular complexity index is 612. The average Bonchev–Trinajstić information content (AvgIpc) is 2.91. The highest BCUT2D eigenvalue weighted by Crippen LogP contribution is 2.35. The smallest absolute Gasteiger partial charge is 0.0331 e. The molecule has 2 nitrogen and oxygen atoms in total. The third-order valence-corrected chi connectivity index (χ3v) is 5.69. The molecule has 1 atom stereocenters. The van der Waals surface area contributed by atoms with E-state index in [1.54, 1.807) is 4.88 Å². The fraction of sp³-hybridized carbons (Fsp3) is 0.444. The van der Waals surface area contributed by atoms with Crippen LogP contribution in [0, 0.1) is 0 Å². The third-order valence-electron chi connectivity index (χ3n) is 4.69. The molecule has 3 rings (SSSR count). The Morgan fingerprint density at radius 2 is 1.95 bits per heavy atom. The monoisotopic (exact) mass is 300 g/mol. The maximum Gasteiger partial charge on any atom is 0.0331 e. The van der Waals surface area contributed by atoms with Crippen molar-refractivity contribution in [1.29, 1.82) is 0 Å². The molecule has 0 saturated carbocycles. The molecule has 1 aromatic heterocycles. The normalized spacial score (nSPS) is 19.5. The molecule has 2 heterocycles. The first-order valence-corrected chi connectivity index (χ1v) is 8.52. The number of thiophene rings is 1. The molecule has 0 fully saturated rings. The Balaban J connectivity index is 1.78. The molecule has 1 aliphatic heterocycles. The Labute approximate surface area is 131 Å². The van der Waals surface area contributed by atoms with Crippen molar-refractivity contribution < 1.29 is 0 Å². The van der Waals surface area contributed by atoms with Crippen LogP contribution in [0.4, 0.5) is 5.69 Å². The summed E-state index contributed by atoms with van der Waals surface area (Å²) in [6.45, 7) is 9.23. The summed E-state index contributed by atoms with van der Waals surface area (Å²) in [4.78, 5) is 4.19. The molecule has 0 radical (unpaired) electrons. The van der Waals surface area contributed by atoms with E-state index >= 15 is 0 Å². The maximum absolute atomic E-state index is 5.81. The fourth-order valence-electron chi connectivity index (χ4n) is 3.31. The zero-order valence-corrected chi connectivity index (χ0v) is 13.9. The summed E-state index contributed by atoms with van der Waals surface area (Å²) in [7, 11) is 0. The van der Waals surface area contributed by atoms with Crippen LogP contribution in [-0.4, -0.2) is 18.0 Å². The predicted octanol–water partition coefficient (Wildman–Crippen LogP) is 4.23. The first kappa shape index (κ1) is 14.6. The van der Waals surface area contributed by atoms with E-state index in [1.807, 2.05) is 23.5 Å². The van der Waals surface area contributed by atoms with Gasteiger partial charge in [0.25, 0.3) is 0 Å². The van der Waals surface area contributed by atoms with Gasteiger partial charge in [-0.05, 0) is 48.1 Å². The molecule has 3 heteroatoms. The van der Waals surface area contributed by atoms with E-state index in [-0.39, 0.29) is 5.41 Å². The Morgan fingerprint density at radius 3 is 2.67 bits per heavy atom. The number of hydrogen-bond donors (Lipinski definition) is 1. The zero-order valence-electron chi connectivity index (χ0n) is 13.1. The molecule has 2 aromatic rings. The lowest BCUT2D eigenvalue weighted by Gasteiger charge is -2.39. The van der Waals surface area contributed by atoms with Gasteiger partial charge in [-0.1, -0.05) is 26.0 Å². The number of rotatable bonds is 3. The summed E-state index contributed by atoms with van der Waals surface area (Å²) >= 11 is 1.91.